The molecule has 6 rings (SSSR count). The first-order chi connectivity index (χ1) is 21.0. The number of benzene rings is 2. The van der Waals surface area contributed by atoms with Crippen molar-refractivity contribution in [3.8, 4) is 11.1 Å². The van der Waals surface area contributed by atoms with Gasteiger partial charge in [0.15, 0.2) is 0 Å². The molecule has 1 amide bonds. The number of hydrogen-bond acceptors (Lipinski definition) is 7. The lowest BCUT2D eigenvalue weighted by atomic mass is 9.96. The smallest absolute Gasteiger partial charge is 0.379 e. The van der Waals surface area contributed by atoms with E-state index in [-0.39, 0.29) is 66.0 Å². The zero-order valence-corrected chi connectivity index (χ0v) is 25.3. The first-order valence-corrected chi connectivity index (χ1v) is 15.6. The lowest BCUT2D eigenvalue weighted by Gasteiger charge is -2.44. The molecule has 0 saturated carbocycles. The maximum atomic E-state index is 14.9. The van der Waals surface area contributed by atoms with Gasteiger partial charge in [-0.25, -0.2) is 9.18 Å². The van der Waals surface area contributed by atoms with Crippen molar-refractivity contribution < 1.29 is 27.1 Å². The third-order valence-electron chi connectivity index (χ3n) is 8.66. The molecule has 0 N–H and O–H groups in total. The molecule has 4 heterocycles. The minimum absolute atomic E-state index is 0.0777. The summed E-state index contributed by atoms with van der Waals surface area (Å²) in [6.45, 7) is 10.4. The Morgan fingerprint density at radius 2 is 1.75 bits per heavy atom. The van der Waals surface area contributed by atoms with E-state index in [0.29, 0.717) is 42.5 Å². The van der Waals surface area contributed by atoms with E-state index in [4.69, 9.17) is 4.74 Å². The summed E-state index contributed by atoms with van der Waals surface area (Å²) in [7, 11) is 0. The number of piperazine rings is 1. The molecule has 0 bridgehead atoms. The van der Waals surface area contributed by atoms with Crippen LogP contribution in [0.15, 0.2) is 52.7 Å². The van der Waals surface area contributed by atoms with Crippen molar-refractivity contribution in [1.29, 1.82) is 0 Å². The van der Waals surface area contributed by atoms with Gasteiger partial charge in [0, 0.05) is 72.4 Å². The highest BCUT2D eigenvalue weighted by molar-refractivity contribution is 7.99. The Labute approximate surface area is 256 Å². The van der Waals surface area contributed by atoms with Crippen LogP contribution in [-0.2, 0) is 22.3 Å². The van der Waals surface area contributed by atoms with E-state index in [9.17, 15) is 27.2 Å². The number of nitrogens with zero attached hydrogens (tertiary/aromatic N) is 5. The number of aromatic nitrogens is 2. The zero-order valence-electron chi connectivity index (χ0n) is 24.4. The molecular formula is C31H33F4N5O3S. The first kappa shape index (κ1) is 30.6. The maximum Gasteiger partial charge on any atom is 0.417 e. The molecule has 0 radical (unpaired) electrons. The summed E-state index contributed by atoms with van der Waals surface area (Å²) in [5, 5.41) is 0.218. The molecule has 8 nitrogen and oxygen atoms in total. The van der Waals surface area contributed by atoms with Crippen LogP contribution in [0.3, 0.4) is 0 Å². The fourth-order valence-corrected chi connectivity index (χ4v) is 8.12. The summed E-state index contributed by atoms with van der Waals surface area (Å²) in [5.74, 6) is -0.194. The van der Waals surface area contributed by atoms with Crippen molar-refractivity contribution in [2.24, 2.45) is 0 Å². The summed E-state index contributed by atoms with van der Waals surface area (Å²) in [6, 6.07) is 5.30. The summed E-state index contributed by atoms with van der Waals surface area (Å²) >= 11 is 1.29. The highest BCUT2D eigenvalue weighted by atomic mass is 32.2. The van der Waals surface area contributed by atoms with Crippen molar-refractivity contribution in [2.75, 3.05) is 50.0 Å². The summed E-state index contributed by atoms with van der Waals surface area (Å²) in [4.78, 5) is 36.9. The van der Waals surface area contributed by atoms with Crippen LogP contribution in [0.1, 0.15) is 19.4 Å². The number of alkyl halides is 3. The number of amides is 1. The molecule has 2 fully saturated rings. The van der Waals surface area contributed by atoms with Crippen LogP contribution in [0.2, 0.25) is 0 Å². The second-order valence-corrected chi connectivity index (χ2v) is 12.6. The van der Waals surface area contributed by atoms with Gasteiger partial charge in [-0.3, -0.25) is 14.3 Å². The van der Waals surface area contributed by atoms with Gasteiger partial charge >= 0.3 is 11.9 Å². The van der Waals surface area contributed by atoms with Crippen LogP contribution in [-0.4, -0.2) is 88.5 Å². The van der Waals surface area contributed by atoms with Gasteiger partial charge in [-0.1, -0.05) is 18.7 Å². The molecular weight excluding hydrogens is 598 g/mol. The van der Waals surface area contributed by atoms with Crippen LogP contribution in [0, 0.1) is 5.82 Å². The van der Waals surface area contributed by atoms with Gasteiger partial charge in [0.2, 0.25) is 5.91 Å². The molecule has 13 heteroatoms. The van der Waals surface area contributed by atoms with Gasteiger partial charge in [0.05, 0.1) is 24.3 Å². The standard InChI is InChI=1S/C31H33F4N5O3S/c1-4-25(41)40-18(2)14-38(15-19(40)3)29-23-13-24(31(33,34)35)26(20-5-7-21(32)8-6-20)28-27(23)39(30(42)36-29)16-22(17-44-28)37-9-11-43-12-10-37/h4-8,13,18-19,22H,1,9-12,14-17H2,2-3H3/t18-,19+,22-/m0/s1. The number of hydrogen-bond donors (Lipinski definition) is 0. The summed E-state index contributed by atoms with van der Waals surface area (Å²) in [6.07, 6.45) is -3.51. The molecule has 3 atom stereocenters. The number of carbonyl (C=O) groups is 1. The maximum absolute atomic E-state index is 14.9. The minimum atomic E-state index is -4.75. The number of halogens is 4. The predicted octanol–water partition coefficient (Wildman–Crippen LogP) is 4.64. The number of morpholine rings is 1. The topological polar surface area (TPSA) is 70.9 Å². The molecule has 44 heavy (non-hydrogen) atoms. The lowest BCUT2D eigenvalue weighted by Crippen LogP contribution is -2.58. The van der Waals surface area contributed by atoms with Gasteiger partial charge in [0.1, 0.15) is 11.6 Å². The Balaban J connectivity index is 1.59. The molecule has 2 saturated heterocycles. The van der Waals surface area contributed by atoms with E-state index in [0.717, 1.165) is 18.2 Å². The fraction of sp³-hybridized carbons (Fsp3) is 0.452. The second kappa shape index (κ2) is 11.8. The molecule has 2 aromatic carbocycles. The van der Waals surface area contributed by atoms with E-state index < -0.39 is 23.2 Å². The van der Waals surface area contributed by atoms with Gasteiger partial charge in [-0.15, -0.1) is 11.8 Å². The minimum Gasteiger partial charge on any atom is -0.379 e. The molecule has 3 aliphatic rings. The van der Waals surface area contributed by atoms with E-state index >= 15 is 0 Å². The molecule has 0 spiro atoms. The Kier molecular flexibility index (Phi) is 8.22. The lowest BCUT2D eigenvalue weighted by molar-refractivity contribution is -0.137. The highest BCUT2D eigenvalue weighted by Crippen LogP contribution is 2.48. The van der Waals surface area contributed by atoms with Crippen molar-refractivity contribution in [3.63, 3.8) is 0 Å². The molecule has 234 valence electrons. The van der Waals surface area contributed by atoms with E-state index in [1.54, 1.807) is 9.80 Å². The number of ether oxygens (including phenoxy) is 1. The van der Waals surface area contributed by atoms with Crippen molar-refractivity contribution >= 4 is 34.4 Å². The van der Waals surface area contributed by atoms with E-state index in [1.165, 1.54) is 34.5 Å². The summed E-state index contributed by atoms with van der Waals surface area (Å²) < 4.78 is 65.8. The highest BCUT2D eigenvalue weighted by Gasteiger charge is 2.40. The number of rotatable bonds is 4. The first-order valence-electron chi connectivity index (χ1n) is 14.6. The van der Waals surface area contributed by atoms with Crippen LogP contribution in [0.4, 0.5) is 23.4 Å². The van der Waals surface area contributed by atoms with Crippen LogP contribution in [0.25, 0.3) is 22.0 Å². The van der Waals surface area contributed by atoms with Crippen molar-refractivity contribution in [2.45, 2.75) is 49.6 Å². The zero-order chi connectivity index (χ0) is 31.3. The number of thioether (sulfide) groups is 1. The second-order valence-electron chi connectivity index (χ2n) is 11.5. The largest absolute Gasteiger partial charge is 0.417 e. The summed E-state index contributed by atoms with van der Waals surface area (Å²) in [5.41, 5.74) is -0.906. The molecule has 1 aromatic heterocycles. The third-order valence-corrected chi connectivity index (χ3v) is 9.90. The number of anilines is 1. The van der Waals surface area contributed by atoms with Gasteiger partial charge in [-0.2, -0.15) is 18.2 Å². The van der Waals surface area contributed by atoms with Crippen molar-refractivity contribution in [3.05, 3.63) is 64.9 Å². The van der Waals surface area contributed by atoms with Crippen molar-refractivity contribution in [1.82, 2.24) is 19.4 Å². The van der Waals surface area contributed by atoms with Crippen LogP contribution >= 0.6 is 11.8 Å². The van der Waals surface area contributed by atoms with E-state index in [1.807, 2.05) is 13.8 Å². The van der Waals surface area contributed by atoms with Gasteiger partial charge in [0.25, 0.3) is 0 Å². The normalized spacial score (nSPS) is 23.1. The Hall–Kier alpha value is -3.42. The fourth-order valence-electron chi connectivity index (χ4n) is 6.71. The molecule has 3 aromatic rings. The monoisotopic (exact) mass is 631 g/mol. The Morgan fingerprint density at radius 3 is 2.36 bits per heavy atom. The third kappa shape index (κ3) is 5.49. The molecule has 0 aliphatic carbocycles. The quantitative estimate of drug-likeness (QED) is 0.307. The van der Waals surface area contributed by atoms with Gasteiger partial charge < -0.3 is 14.5 Å². The SMILES string of the molecule is C=CC(=O)N1[C@H](C)CN(c2nc(=O)n3c4c(c(-c5ccc(F)cc5)c(C(F)(F)F)cc24)SC[C@@H](N2CCOCC2)C3)C[C@@H]1C. The number of carbonyl (C=O) groups excluding carboxylic acids is 1. The van der Waals surface area contributed by atoms with Gasteiger partial charge in [-0.05, 0) is 43.7 Å². The molecule has 0 unspecified atom stereocenters. The van der Waals surface area contributed by atoms with Crippen LogP contribution in [0.5, 0.6) is 0 Å². The average Bonchev–Trinajstić information content (AvgIpc) is 3.20. The van der Waals surface area contributed by atoms with E-state index in [2.05, 4.69) is 16.5 Å². The Morgan fingerprint density at radius 1 is 1.09 bits per heavy atom. The Bertz CT molecular complexity index is 1640. The van der Waals surface area contributed by atoms with Crippen LogP contribution < -0.4 is 10.6 Å². The predicted molar refractivity (Wildman–Crippen MR) is 161 cm³/mol. The average molecular weight is 632 g/mol. The molecule has 3 aliphatic heterocycles.